The summed E-state index contributed by atoms with van der Waals surface area (Å²) in [5.74, 6) is 0.627. The number of thiophene rings is 1. The molecule has 0 aliphatic carbocycles. The van der Waals surface area contributed by atoms with Crippen molar-refractivity contribution in [2.24, 2.45) is 0 Å². The number of nitrogens with one attached hydrogen (secondary N) is 1. The van der Waals surface area contributed by atoms with Gasteiger partial charge in [0.05, 0.1) is 16.4 Å². The van der Waals surface area contributed by atoms with Crippen LogP contribution in [0.15, 0.2) is 72.9 Å². The molecule has 0 aliphatic heterocycles. The predicted molar refractivity (Wildman–Crippen MR) is 102 cm³/mol. The van der Waals surface area contributed by atoms with E-state index in [1.165, 1.54) is 20.9 Å². The van der Waals surface area contributed by atoms with Crippen molar-refractivity contribution in [1.29, 1.82) is 0 Å². The second kappa shape index (κ2) is 5.28. The average Bonchev–Trinajstić information content (AvgIpc) is 3.00. The zero-order valence-electron chi connectivity index (χ0n) is 12.7. The van der Waals surface area contributed by atoms with Crippen LogP contribution in [0.4, 0.5) is 11.6 Å². The van der Waals surface area contributed by atoms with E-state index >= 15 is 0 Å². The smallest absolute Gasteiger partial charge is 0.227 e. The van der Waals surface area contributed by atoms with Crippen molar-refractivity contribution < 1.29 is 0 Å². The Labute approximate surface area is 142 Å². The van der Waals surface area contributed by atoms with Crippen LogP contribution in [0.5, 0.6) is 0 Å². The van der Waals surface area contributed by atoms with Gasteiger partial charge in [-0.3, -0.25) is 0 Å². The summed E-state index contributed by atoms with van der Waals surface area (Å²) in [6.07, 6.45) is 1.90. The second-order valence-electron chi connectivity index (χ2n) is 5.66. The van der Waals surface area contributed by atoms with Crippen LogP contribution in [0, 0.1) is 0 Å². The Kier molecular flexibility index (Phi) is 2.96. The lowest BCUT2D eigenvalue weighted by molar-refractivity contribution is 1.23. The maximum Gasteiger partial charge on any atom is 0.227 e. The van der Waals surface area contributed by atoms with E-state index in [-0.39, 0.29) is 0 Å². The van der Waals surface area contributed by atoms with Gasteiger partial charge in [0.25, 0.3) is 0 Å². The molecule has 3 nitrogen and oxygen atoms in total. The zero-order chi connectivity index (χ0) is 15.9. The van der Waals surface area contributed by atoms with Crippen LogP contribution in [0.1, 0.15) is 0 Å². The molecule has 3 aromatic carbocycles. The topological polar surface area (TPSA) is 37.8 Å². The highest BCUT2D eigenvalue weighted by Gasteiger charge is 2.08. The molecule has 0 unspecified atom stereocenters. The van der Waals surface area contributed by atoms with Crippen molar-refractivity contribution in [1.82, 2.24) is 9.97 Å². The van der Waals surface area contributed by atoms with Crippen LogP contribution < -0.4 is 5.32 Å². The fourth-order valence-corrected chi connectivity index (χ4v) is 4.04. The molecule has 24 heavy (non-hydrogen) atoms. The van der Waals surface area contributed by atoms with Gasteiger partial charge in [0.1, 0.15) is 0 Å². The maximum atomic E-state index is 4.75. The van der Waals surface area contributed by atoms with Gasteiger partial charge in [-0.25, -0.2) is 9.97 Å². The summed E-state index contributed by atoms with van der Waals surface area (Å²) in [5.41, 5.74) is 2.03. The van der Waals surface area contributed by atoms with Gasteiger partial charge >= 0.3 is 0 Å². The van der Waals surface area contributed by atoms with Crippen molar-refractivity contribution in [3.63, 3.8) is 0 Å². The quantitative estimate of drug-likeness (QED) is 0.449. The standard InChI is InChI=1S/C20H13N3S/c1-2-8-14-13(6-1)7-5-10-16(14)22-20-21-12-18-19(23-20)15-9-3-4-11-17(15)24-18/h1-12H,(H,21,22,23). The van der Waals surface area contributed by atoms with Gasteiger partial charge in [-0.05, 0) is 17.5 Å². The molecule has 114 valence electrons. The number of rotatable bonds is 2. The number of hydrogen-bond acceptors (Lipinski definition) is 4. The van der Waals surface area contributed by atoms with Crippen LogP contribution in [0.2, 0.25) is 0 Å². The number of anilines is 2. The molecule has 5 aromatic rings. The molecule has 0 aliphatic rings. The van der Waals surface area contributed by atoms with Gasteiger partial charge < -0.3 is 5.32 Å². The molecule has 0 radical (unpaired) electrons. The second-order valence-corrected chi connectivity index (χ2v) is 6.74. The Morgan fingerprint density at radius 3 is 2.50 bits per heavy atom. The Morgan fingerprint density at radius 2 is 1.54 bits per heavy atom. The first-order valence-corrected chi connectivity index (χ1v) is 8.59. The largest absolute Gasteiger partial charge is 0.324 e. The van der Waals surface area contributed by atoms with Crippen LogP contribution >= 0.6 is 11.3 Å². The van der Waals surface area contributed by atoms with Crippen molar-refractivity contribution in [3.05, 3.63) is 72.9 Å². The number of aromatic nitrogens is 2. The van der Waals surface area contributed by atoms with Crippen LogP contribution in [-0.4, -0.2) is 9.97 Å². The van der Waals surface area contributed by atoms with Crippen molar-refractivity contribution in [2.45, 2.75) is 0 Å². The third-order valence-corrected chi connectivity index (χ3v) is 5.25. The molecule has 2 aromatic heterocycles. The summed E-state index contributed by atoms with van der Waals surface area (Å²) >= 11 is 1.73. The van der Waals surface area contributed by atoms with E-state index in [1.54, 1.807) is 11.3 Å². The maximum absolute atomic E-state index is 4.75. The van der Waals surface area contributed by atoms with Gasteiger partial charge in [0.2, 0.25) is 5.95 Å². The molecule has 2 heterocycles. The summed E-state index contributed by atoms with van der Waals surface area (Å²) in [4.78, 5) is 9.25. The molecule has 0 fully saturated rings. The van der Waals surface area contributed by atoms with Gasteiger partial charge in [0.15, 0.2) is 0 Å². The third kappa shape index (κ3) is 2.12. The normalized spacial score (nSPS) is 11.3. The van der Waals surface area contributed by atoms with Crippen molar-refractivity contribution in [2.75, 3.05) is 5.32 Å². The highest BCUT2D eigenvalue weighted by atomic mass is 32.1. The summed E-state index contributed by atoms with van der Waals surface area (Å²) < 4.78 is 2.35. The van der Waals surface area contributed by atoms with E-state index in [0.717, 1.165) is 15.9 Å². The summed E-state index contributed by atoms with van der Waals surface area (Å²) in [6.45, 7) is 0. The first kappa shape index (κ1) is 13.5. The monoisotopic (exact) mass is 327 g/mol. The van der Waals surface area contributed by atoms with E-state index in [9.17, 15) is 0 Å². The summed E-state index contributed by atoms with van der Waals surface area (Å²) in [7, 11) is 0. The van der Waals surface area contributed by atoms with Gasteiger partial charge in [-0.1, -0.05) is 54.6 Å². The average molecular weight is 327 g/mol. The van der Waals surface area contributed by atoms with E-state index in [4.69, 9.17) is 4.98 Å². The fraction of sp³-hybridized carbons (Fsp3) is 0. The fourth-order valence-electron chi connectivity index (χ4n) is 3.02. The Bertz CT molecular complexity index is 1190. The van der Waals surface area contributed by atoms with Gasteiger partial charge in [0, 0.05) is 21.2 Å². The van der Waals surface area contributed by atoms with Gasteiger partial charge in [-0.15, -0.1) is 11.3 Å². The molecule has 5 rings (SSSR count). The Balaban J connectivity index is 1.65. The number of nitrogens with zero attached hydrogens (tertiary/aromatic N) is 2. The summed E-state index contributed by atoms with van der Waals surface area (Å²) in [5, 5.41) is 6.92. The highest BCUT2D eigenvalue weighted by Crippen LogP contribution is 2.33. The molecule has 0 atom stereocenters. The first-order valence-electron chi connectivity index (χ1n) is 7.77. The molecule has 0 bridgehead atoms. The molecular weight excluding hydrogens is 314 g/mol. The van der Waals surface area contributed by atoms with Crippen LogP contribution in [0.3, 0.4) is 0 Å². The minimum absolute atomic E-state index is 0.627. The number of hydrogen-bond donors (Lipinski definition) is 1. The first-order chi connectivity index (χ1) is 11.9. The lowest BCUT2D eigenvalue weighted by Crippen LogP contribution is -1.97. The molecule has 0 saturated carbocycles. The molecule has 0 spiro atoms. The minimum atomic E-state index is 0.627. The van der Waals surface area contributed by atoms with E-state index in [2.05, 4.69) is 58.8 Å². The molecular formula is C20H13N3S. The van der Waals surface area contributed by atoms with E-state index in [1.807, 2.05) is 24.4 Å². The summed E-state index contributed by atoms with van der Waals surface area (Å²) in [6, 6.07) is 22.9. The predicted octanol–water partition coefficient (Wildman–Crippen LogP) is 5.74. The minimum Gasteiger partial charge on any atom is -0.324 e. The molecule has 0 amide bonds. The van der Waals surface area contributed by atoms with Crippen LogP contribution in [0.25, 0.3) is 31.1 Å². The van der Waals surface area contributed by atoms with E-state index < -0.39 is 0 Å². The molecule has 0 saturated heterocycles. The van der Waals surface area contributed by atoms with E-state index in [0.29, 0.717) is 5.95 Å². The molecule has 4 heteroatoms. The number of benzene rings is 3. The van der Waals surface area contributed by atoms with Gasteiger partial charge in [-0.2, -0.15) is 0 Å². The highest BCUT2D eigenvalue weighted by molar-refractivity contribution is 7.25. The SMILES string of the molecule is c1ccc2c(Nc3ncc4sc5ccccc5c4n3)cccc2c1. The lowest BCUT2D eigenvalue weighted by Gasteiger charge is -2.08. The third-order valence-electron chi connectivity index (χ3n) is 4.15. The Hall–Kier alpha value is -2.98. The lowest BCUT2D eigenvalue weighted by atomic mass is 10.1. The van der Waals surface area contributed by atoms with Crippen molar-refractivity contribution >= 4 is 54.0 Å². The Morgan fingerprint density at radius 1 is 0.750 bits per heavy atom. The zero-order valence-corrected chi connectivity index (χ0v) is 13.5. The number of fused-ring (bicyclic) bond motifs is 4. The van der Waals surface area contributed by atoms with Crippen LogP contribution in [-0.2, 0) is 0 Å². The molecule has 1 N–H and O–H groups in total. The van der Waals surface area contributed by atoms with Crippen molar-refractivity contribution in [3.8, 4) is 0 Å².